The van der Waals surface area contributed by atoms with Gasteiger partial charge in [0, 0.05) is 17.5 Å². The van der Waals surface area contributed by atoms with E-state index in [1.165, 1.54) is 31.2 Å². The van der Waals surface area contributed by atoms with Gasteiger partial charge in [-0.1, -0.05) is 15.9 Å². The van der Waals surface area contributed by atoms with Crippen LogP contribution in [0.15, 0.2) is 24.3 Å². The summed E-state index contributed by atoms with van der Waals surface area (Å²) in [6, 6.07) is 5.54. The van der Waals surface area contributed by atoms with Gasteiger partial charge in [0.25, 0.3) is 5.69 Å². The van der Waals surface area contributed by atoms with E-state index in [4.69, 9.17) is 0 Å². The molecule has 0 aliphatic heterocycles. The molecule has 0 aromatic heterocycles. The summed E-state index contributed by atoms with van der Waals surface area (Å²) in [6.45, 7) is 1.40. The Morgan fingerprint density at radius 1 is 1.47 bits per heavy atom. The number of nitrogens with zero attached hydrogens (tertiary/aromatic N) is 1. The van der Waals surface area contributed by atoms with Crippen molar-refractivity contribution in [1.29, 1.82) is 0 Å². The van der Waals surface area contributed by atoms with Crippen molar-refractivity contribution in [2.24, 2.45) is 5.92 Å². The van der Waals surface area contributed by atoms with Gasteiger partial charge in [0.05, 0.1) is 16.9 Å². The Labute approximate surface area is 107 Å². The molecule has 0 aliphatic carbocycles. The largest absolute Gasteiger partial charge is 0.388 e. The molecule has 0 saturated carbocycles. The fraction of sp³-hybridized carbons (Fsp3) is 0.364. The summed E-state index contributed by atoms with van der Waals surface area (Å²) in [7, 11) is 0. The van der Waals surface area contributed by atoms with Crippen LogP contribution in [0.4, 0.5) is 5.69 Å². The highest BCUT2D eigenvalue weighted by Gasteiger charge is 2.24. The number of aliphatic hydroxyl groups is 1. The molecule has 0 spiro atoms. The Hall–Kier alpha value is -1.27. The number of hydrogen-bond acceptors (Lipinski definition) is 4. The third kappa shape index (κ3) is 3.34. The average Bonchev–Trinajstić information content (AvgIpc) is 2.29. The Kier molecular flexibility index (Phi) is 4.77. The van der Waals surface area contributed by atoms with Crippen molar-refractivity contribution in [2.75, 3.05) is 5.33 Å². The fourth-order valence-electron chi connectivity index (χ4n) is 1.44. The zero-order valence-electron chi connectivity index (χ0n) is 9.17. The van der Waals surface area contributed by atoms with Crippen LogP contribution < -0.4 is 0 Å². The zero-order chi connectivity index (χ0) is 13.0. The first-order chi connectivity index (χ1) is 7.97. The molecule has 1 aromatic carbocycles. The Morgan fingerprint density at radius 2 is 2.00 bits per heavy atom. The number of carbonyl (C=O) groups is 1. The van der Waals surface area contributed by atoms with Crippen LogP contribution in [0.2, 0.25) is 0 Å². The number of nitro groups is 1. The highest BCUT2D eigenvalue weighted by Crippen LogP contribution is 2.26. The summed E-state index contributed by atoms with van der Waals surface area (Å²) in [6.07, 6.45) is -0.951. The van der Waals surface area contributed by atoms with Crippen molar-refractivity contribution in [2.45, 2.75) is 13.0 Å². The molecule has 2 unspecified atom stereocenters. The molecule has 2 atom stereocenters. The van der Waals surface area contributed by atoms with Crippen LogP contribution in [0.1, 0.15) is 18.6 Å². The number of hydrogen-bond donors (Lipinski definition) is 1. The van der Waals surface area contributed by atoms with Crippen LogP contribution in [0.3, 0.4) is 0 Å². The van der Waals surface area contributed by atoms with Crippen LogP contribution in [0.25, 0.3) is 0 Å². The summed E-state index contributed by atoms with van der Waals surface area (Å²) in [5.74, 6) is -0.677. The van der Waals surface area contributed by atoms with Gasteiger partial charge in [-0.2, -0.15) is 0 Å². The highest BCUT2D eigenvalue weighted by atomic mass is 79.9. The van der Waals surface area contributed by atoms with E-state index in [-0.39, 0.29) is 11.5 Å². The minimum Gasteiger partial charge on any atom is -0.388 e. The molecule has 5 nitrogen and oxygen atoms in total. The van der Waals surface area contributed by atoms with Crippen molar-refractivity contribution >= 4 is 27.4 Å². The Bertz CT molecular complexity index is 418. The standard InChI is InChI=1S/C11H12BrNO4/c1-7(14)10(6-12)11(15)8-2-4-9(5-3-8)13(16)17/h2-5,10-11,15H,6H2,1H3. The molecule has 0 bridgehead atoms. The lowest BCUT2D eigenvalue weighted by Crippen LogP contribution is -2.21. The number of ketones is 1. The van der Waals surface area contributed by atoms with E-state index >= 15 is 0 Å². The van der Waals surface area contributed by atoms with E-state index in [9.17, 15) is 20.0 Å². The van der Waals surface area contributed by atoms with E-state index in [2.05, 4.69) is 15.9 Å². The number of nitro benzene ring substituents is 1. The van der Waals surface area contributed by atoms with Gasteiger partial charge < -0.3 is 5.11 Å². The molecular weight excluding hydrogens is 290 g/mol. The lowest BCUT2D eigenvalue weighted by Gasteiger charge is -2.18. The number of non-ortho nitro benzene ring substituents is 1. The molecule has 1 aromatic rings. The number of Topliss-reactive ketones (excluding diaryl/α,β-unsaturated/α-hetero) is 1. The first kappa shape index (κ1) is 13.8. The summed E-state index contributed by atoms with van der Waals surface area (Å²) < 4.78 is 0. The summed E-state index contributed by atoms with van der Waals surface area (Å²) in [5.41, 5.74) is 0.453. The molecule has 0 fully saturated rings. The lowest BCUT2D eigenvalue weighted by molar-refractivity contribution is -0.384. The maximum absolute atomic E-state index is 11.3. The predicted octanol–water partition coefficient (Wildman–Crippen LogP) is 2.23. The van der Waals surface area contributed by atoms with Gasteiger partial charge in [-0.25, -0.2) is 0 Å². The number of aliphatic hydroxyl groups excluding tert-OH is 1. The van der Waals surface area contributed by atoms with Gasteiger partial charge >= 0.3 is 0 Å². The number of halogens is 1. The van der Waals surface area contributed by atoms with E-state index in [1.807, 2.05) is 0 Å². The second-order valence-corrected chi connectivity index (χ2v) is 4.31. The smallest absolute Gasteiger partial charge is 0.269 e. The van der Waals surface area contributed by atoms with Crippen molar-refractivity contribution in [3.63, 3.8) is 0 Å². The SMILES string of the molecule is CC(=O)C(CBr)C(O)c1ccc([N+](=O)[O-])cc1. The number of rotatable bonds is 5. The molecule has 0 saturated heterocycles. The highest BCUT2D eigenvalue weighted by molar-refractivity contribution is 9.09. The molecule has 1 rings (SSSR count). The Morgan fingerprint density at radius 3 is 2.35 bits per heavy atom. The molecule has 0 radical (unpaired) electrons. The maximum atomic E-state index is 11.3. The third-order valence-electron chi connectivity index (χ3n) is 2.51. The molecule has 17 heavy (non-hydrogen) atoms. The molecule has 0 heterocycles. The molecule has 92 valence electrons. The van der Waals surface area contributed by atoms with Gasteiger partial charge in [-0.3, -0.25) is 14.9 Å². The van der Waals surface area contributed by atoms with Crippen LogP contribution in [-0.2, 0) is 4.79 Å². The van der Waals surface area contributed by atoms with Crippen LogP contribution >= 0.6 is 15.9 Å². The van der Waals surface area contributed by atoms with Crippen LogP contribution in [0.5, 0.6) is 0 Å². The van der Waals surface area contributed by atoms with Crippen LogP contribution in [0, 0.1) is 16.0 Å². The quantitative estimate of drug-likeness (QED) is 0.514. The van der Waals surface area contributed by atoms with Crippen molar-refractivity contribution < 1.29 is 14.8 Å². The first-order valence-electron chi connectivity index (χ1n) is 4.96. The normalized spacial score (nSPS) is 14.1. The summed E-state index contributed by atoms with van der Waals surface area (Å²) in [5, 5.41) is 20.8. The number of carbonyl (C=O) groups excluding carboxylic acids is 1. The molecular formula is C11H12BrNO4. The summed E-state index contributed by atoms with van der Waals surface area (Å²) >= 11 is 3.16. The third-order valence-corrected chi connectivity index (χ3v) is 3.21. The monoisotopic (exact) mass is 301 g/mol. The van der Waals surface area contributed by atoms with Gasteiger partial charge in [0.2, 0.25) is 0 Å². The maximum Gasteiger partial charge on any atom is 0.269 e. The number of alkyl halides is 1. The van der Waals surface area contributed by atoms with E-state index < -0.39 is 16.9 Å². The first-order valence-corrected chi connectivity index (χ1v) is 6.08. The lowest BCUT2D eigenvalue weighted by atomic mass is 9.94. The van der Waals surface area contributed by atoms with E-state index in [0.717, 1.165) is 0 Å². The van der Waals surface area contributed by atoms with E-state index in [0.29, 0.717) is 10.9 Å². The number of benzene rings is 1. The summed E-state index contributed by atoms with van der Waals surface area (Å²) in [4.78, 5) is 21.2. The van der Waals surface area contributed by atoms with Crippen molar-refractivity contribution in [3.05, 3.63) is 39.9 Å². The van der Waals surface area contributed by atoms with Crippen molar-refractivity contribution in [1.82, 2.24) is 0 Å². The topological polar surface area (TPSA) is 80.4 Å². The molecule has 0 aliphatic rings. The molecule has 6 heteroatoms. The van der Waals surface area contributed by atoms with Gasteiger partial charge in [-0.05, 0) is 24.6 Å². The molecule has 1 N–H and O–H groups in total. The van der Waals surface area contributed by atoms with Gasteiger partial charge in [0.1, 0.15) is 5.78 Å². The van der Waals surface area contributed by atoms with Crippen LogP contribution in [-0.4, -0.2) is 21.1 Å². The van der Waals surface area contributed by atoms with Gasteiger partial charge in [-0.15, -0.1) is 0 Å². The minimum absolute atomic E-state index is 0.0424. The predicted molar refractivity (Wildman–Crippen MR) is 66.0 cm³/mol. The molecule has 0 amide bonds. The average molecular weight is 302 g/mol. The minimum atomic E-state index is -0.951. The van der Waals surface area contributed by atoms with E-state index in [1.54, 1.807) is 0 Å². The Balaban J connectivity index is 2.92. The fourth-order valence-corrected chi connectivity index (χ4v) is 2.25. The van der Waals surface area contributed by atoms with Crippen molar-refractivity contribution in [3.8, 4) is 0 Å². The second-order valence-electron chi connectivity index (χ2n) is 3.66. The second kappa shape index (κ2) is 5.88. The van der Waals surface area contributed by atoms with Gasteiger partial charge in [0.15, 0.2) is 0 Å². The zero-order valence-corrected chi connectivity index (χ0v) is 10.8.